The number of halogens is 2. The summed E-state index contributed by atoms with van der Waals surface area (Å²) in [7, 11) is -4.17. The molecule has 1 unspecified atom stereocenters. The Morgan fingerprint density at radius 3 is 2.70 bits per heavy atom. The smallest absolute Gasteiger partial charge is 0.246 e. The first-order valence-corrected chi connectivity index (χ1v) is 13.5. The summed E-state index contributed by atoms with van der Waals surface area (Å²) in [5.41, 5.74) is 0.933. The monoisotopic (exact) mass is 498 g/mol. The van der Waals surface area contributed by atoms with Gasteiger partial charge in [-0.15, -0.1) is 11.3 Å². The first-order chi connectivity index (χ1) is 15.7. The average molecular weight is 499 g/mol. The third-order valence-corrected chi connectivity index (χ3v) is 8.96. The Morgan fingerprint density at radius 2 is 1.97 bits per heavy atom. The van der Waals surface area contributed by atoms with Crippen molar-refractivity contribution in [1.82, 2.24) is 14.2 Å². The zero-order valence-electron chi connectivity index (χ0n) is 18.5. The Balaban J connectivity index is 1.31. The van der Waals surface area contributed by atoms with Crippen LogP contribution >= 0.6 is 11.3 Å². The zero-order chi connectivity index (χ0) is 23.6. The molecule has 0 aliphatic carbocycles. The molecule has 4 rings (SSSR count). The Hall–Kier alpha value is -1.95. The van der Waals surface area contributed by atoms with Gasteiger partial charge in [0.25, 0.3) is 0 Å². The van der Waals surface area contributed by atoms with Crippen molar-refractivity contribution < 1.29 is 22.0 Å². The van der Waals surface area contributed by atoms with Crippen LogP contribution < -0.4 is 5.32 Å². The number of benzene rings is 1. The summed E-state index contributed by atoms with van der Waals surface area (Å²) in [4.78, 5) is 18.9. The number of carbonyl (C=O) groups is 1. The van der Waals surface area contributed by atoms with E-state index in [0.717, 1.165) is 41.8 Å². The topological polar surface area (TPSA) is 82.6 Å². The van der Waals surface area contributed by atoms with Crippen molar-refractivity contribution in [3.63, 3.8) is 0 Å². The van der Waals surface area contributed by atoms with Crippen LogP contribution in [0.1, 0.15) is 38.3 Å². The van der Waals surface area contributed by atoms with E-state index in [1.165, 1.54) is 24.2 Å². The van der Waals surface area contributed by atoms with Crippen LogP contribution in [0.15, 0.2) is 28.5 Å². The summed E-state index contributed by atoms with van der Waals surface area (Å²) in [6, 6.07) is 2.37. The number of nitrogens with one attached hydrogen (secondary N) is 1. The van der Waals surface area contributed by atoms with E-state index in [-0.39, 0.29) is 24.9 Å². The van der Waals surface area contributed by atoms with Crippen molar-refractivity contribution in [2.24, 2.45) is 11.8 Å². The maximum atomic E-state index is 14.0. The standard InChI is InChI=1S/C22H28F2N4O3S2/c1-15-3-2-8-27(12-15)13-18-14-32-22(25-18)26-21(29)16-6-9-28(10-7-16)33(30,31)20-11-17(23)4-5-19(20)24/h4-5,11,14-16H,2-3,6-10,12-13H2,1H3,(H,25,26,29). The maximum absolute atomic E-state index is 14.0. The van der Waals surface area contributed by atoms with Crippen LogP contribution in [0, 0.1) is 23.5 Å². The molecule has 0 bridgehead atoms. The van der Waals surface area contributed by atoms with E-state index in [1.54, 1.807) is 0 Å². The Bertz CT molecular complexity index is 1100. The minimum Gasteiger partial charge on any atom is -0.302 e. The van der Waals surface area contributed by atoms with Crippen LogP contribution in [0.3, 0.4) is 0 Å². The van der Waals surface area contributed by atoms with E-state index in [9.17, 15) is 22.0 Å². The number of likely N-dealkylation sites (tertiary alicyclic amines) is 1. The van der Waals surface area contributed by atoms with E-state index in [1.807, 2.05) is 5.38 Å². The summed E-state index contributed by atoms with van der Waals surface area (Å²) in [5, 5.41) is 5.35. The fraction of sp³-hybridized carbons (Fsp3) is 0.545. The number of aromatic nitrogens is 1. The fourth-order valence-electron chi connectivity index (χ4n) is 4.48. The quantitative estimate of drug-likeness (QED) is 0.657. The highest BCUT2D eigenvalue weighted by Crippen LogP contribution is 2.27. The van der Waals surface area contributed by atoms with Crippen LogP contribution in [-0.2, 0) is 21.4 Å². The van der Waals surface area contributed by atoms with Gasteiger partial charge in [0, 0.05) is 37.5 Å². The lowest BCUT2D eigenvalue weighted by Gasteiger charge is -2.30. The number of carbonyl (C=O) groups excluding carboxylic acids is 1. The number of piperidine rings is 2. The van der Waals surface area contributed by atoms with Crippen LogP contribution in [-0.4, -0.2) is 54.7 Å². The summed E-state index contributed by atoms with van der Waals surface area (Å²) in [6.07, 6.45) is 3.04. The highest BCUT2D eigenvalue weighted by molar-refractivity contribution is 7.89. The summed E-state index contributed by atoms with van der Waals surface area (Å²) >= 11 is 1.38. The molecule has 1 atom stereocenters. The minimum atomic E-state index is -4.17. The van der Waals surface area contributed by atoms with Gasteiger partial charge in [-0.1, -0.05) is 6.92 Å². The number of hydrogen-bond donors (Lipinski definition) is 1. The first-order valence-electron chi connectivity index (χ1n) is 11.1. The summed E-state index contributed by atoms with van der Waals surface area (Å²) in [6.45, 7) is 5.26. The molecular formula is C22H28F2N4O3S2. The predicted molar refractivity (Wildman–Crippen MR) is 122 cm³/mol. The molecule has 1 N–H and O–H groups in total. The third kappa shape index (κ3) is 5.76. The van der Waals surface area contributed by atoms with Gasteiger partial charge in [0.05, 0.1) is 5.69 Å². The van der Waals surface area contributed by atoms with Crippen molar-refractivity contribution in [3.8, 4) is 0 Å². The van der Waals surface area contributed by atoms with Gasteiger partial charge in [-0.25, -0.2) is 22.2 Å². The molecular weight excluding hydrogens is 470 g/mol. The Kier molecular flexibility index (Phi) is 7.42. The average Bonchev–Trinajstić information content (AvgIpc) is 3.22. The SMILES string of the molecule is CC1CCCN(Cc2csc(NC(=O)C3CCN(S(=O)(=O)c4cc(F)ccc4F)CC3)n2)C1. The first kappa shape index (κ1) is 24.2. The van der Waals surface area contributed by atoms with Crippen LogP contribution in [0.25, 0.3) is 0 Å². The molecule has 0 saturated carbocycles. The van der Waals surface area contributed by atoms with Gasteiger partial charge in [-0.3, -0.25) is 9.69 Å². The van der Waals surface area contributed by atoms with Gasteiger partial charge in [0.1, 0.15) is 16.5 Å². The van der Waals surface area contributed by atoms with Gasteiger partial charge in [-0.2, -0.15) is 4.31 Å². The molecule has 2 fully saturated rings. The van der Waals surface area contributed by atoms with E-state index in [2.05, 4.69) is 22.1 Å². The van der Waals surface area contributed by atoms with Crippen LogP contribution in [0.2, 0.25) is 0 Å². The van der Waals surface area contributed by atoms with E-state index < -0.39 is 26.6 Å². The van der Waals surface area contributed by atoms with Crippen molar-refractivity contribution in [3.05, 3.63) is 40.9 Å². The minimum absolute atomic E-state index is 0.0621. The molecule has 11 heteroatoms. The zero-order valence-corrected chi connectivity index (χ0v) is 20.1. The van der Waals surface area contributed by atoms with E-state index >= 15 is 0 Å². The van der Waals surface area contributed by atoms with Crippen molar-refractivity contribution >= 4 is 32.4 Å². The van der Waals surface area contributed by atoms with Crippen molar-refractivity contribution in [1.29, 1.82) is 0 Å². The molecule has 1 aromatic carbocycles. The number of amides is 1. The number of anilines is 1. The Morgan fingerprint density at radius 1 is 1.21 bits per heavy atom. The molecule has 1 aromatic heterocycles. The second-order valence-electron chi connectivity index (χ2n) is 8.87. The molecule has 0 radical (unpaired) electrons. The second kappa shape index (κ2) is 10.1. The van der Waals surface area contributed by atoms with Gasteiger partial charge in [0.2, 0.25) is 15.9 Å². The molecule has 0 spiro atoms. The van der Waals surface area contributed by atoms with Gasteiger partial charge < -0.3 is 5.32 Å². The number of thiazole rings is 1. The van der Waals surface area contributed by atoms with Gasteiger partial charge in [-0.05, 0) is 56.3 Å². The Labute approximate surface area is 196 Å². The van der Waals surface area contributed by atoms with Gasteiger partial charge in [0.15, 0.2) is 5.13 Å². The third-order valence-electron chi connectivity index (χ3n) is 6.24. The van der Waals surface area contributed by atoms with Crippen molar-refractivity contribution in [2.45, 2.75) is 44.0 Å². The second-order valence-corrected chi connectivity index (χ2v) is 11.6. The number of rotatable bonds is 6. The van der Waals surface area contributed by atoms with Crippen LogP contribution in [0.5, 0.6) is 0 Å². The number of hydrogen-bond acceptors (Lipinski definition) is 6. The van der Waals surface area contributed by atoms with Crippen molar-refractivity contribution in [2.75, 3.05) is 31.5 Å². The molecule has 2 aliphatic rings. The molecule has 33 heavy (non-hydrogen) atoms. The lowest BCUT2D eigenvalue weighted by Crippen LogP contribution is -2.41. The number of nitrogens with zero attached hydrogens (tertiary/aromatic N) is 3. The molecule has 7 nitrogen and oxygen atoms in total. The highest BCUT2D eigenvalue weighted by Gasteiger charge is 2.34. The summed E-state index contributed by atoms with van der Waals surface area (Å²) in [5.74, 6) is -1.69. The molecule has 3 heterocycles. The highest BCUT2D eigenvalue weighted by atomic mass is 32.2. The van der Waals surface area contributed by atoms with Crippen LogP contribution in [0.4, 0.5) is 13.9 Å². The normalized spacial score (nSPS) is 21.2. The lowest BCUT2D eigenvalue weighted by atomic mass is 9.97. The number of sulfonamides is 1. The summed E-state index contributed by atoms with van der Waals surface area (Å²) < 4.78 is 54.0. The largest absolute Gasteiger partial charge is 0.302 e. The maximum Gasteiger partial charge on any atom is 0.246 e. The molecule has 2 saturated heterocycles. The van der Waals surface area contributed by atoms with Gasteiger partial charge >= 0.3 is 0 Å². The molecule has 2 aliphatic heterocycles. The van der Waals surface area contributed by atoms with E-state index in [0.29, 0.717) is 30.0 Å². The lowest BCUT2D eigenvalue weighted by molar-refractivity contribution is -0.120. The van der Waals surface area contributed by atoms with E-state index in [4.69, 9.17) is 0 Å². The molecule has 1 amide bonds. The molecule has 2 aromatic rings. The predicted octanol–water partition coefficient (Wildman–Crippen LogP) is 3.69. The fourth-order valence-corrected chi connectivity index (χ4v) is 6.73. The molecule has 180 valence electrons.